The van der Waals surface area contributed by atoms with E-state index < -0.39 is 18.3 Å². The Kier molecular flexibility index (Phi) is 12.3. The molecule has 0 amide bonds. The van der Waals surface area contributed by atoms with Crippen molar-refractivity contribution < 1.29 is 24.9 Å². The largest absolute Gasteiger partial charge is 0.469 e. The number of carbonyl (C=O) groups excluding carboxylic acids is 1. The summed E-state index contributed by atoms with van der Waals surface area (Å²) in [5.41, 5.74) is 0. The van der Waals surface area contributed by atoms with Crippen molar-refractivity contribution in [1.82, 2.24) is 0 Å². The average Bonchev–Trinajstić information content (AvgIpc) is 2.91. The van der Waals surface area contributed by atoms with E-state index in [9.17, 15) is 20.1 Å². The molecule has 5 atom stereocenters. The summed E-state index contributed by atoms with van der Waals surface area (Å²) < 4.78 is 4.61. The Bertz CT molecular complexity index is 460. The van der Waals surface area contributed by atoms with Crippen LogP contribution < -0.4 is 0 Å². The first-order chi connectivity index (χ1) is 13.0. The third-order valence-corrected chi connectivity index (χ3v) is 5.45. The molecule has 27 heavy (non-hydrogen) atoms. The Hall–Kier alpha value is -1.17. The van der Waals surface area contributed by atoms with Gasteiger partial charge in [0.1, 0.15) is 0 Å². The predicted molar refractivity (Wildman–Crippen MR) is 107 cm³/mol. The molecule has 0 aliphatic heterocycles. The van der Waals surface area contributed by atoms with Crippen LogP contribution in [0.4, 0.5) is 0 Å². The van der Waals surface area contributed by atoms with E-state index in [4.69, 9.17) is 0 Å². The number of methoxy groups -OCH3 is 1. The highest BCUT2D eigenvalue weighted by Gasteiger charge is 2.39. The van der Waals surface area contributed by atoms with Crippen LogP contribution in [0.2, 0.25) is 0 Å². The SMILES string of the molecule is CCCCCC(O)C=CC[C@@H]1[C@@H](CC=CCCCC(=O)OC)[C@@H](O)C[C@H]1O. The van der Waals surface area contributed by atoms with E-state index in [1.807, 2.05) is 24.3 Å². The minimum absolute atomic E-state index is 0.0128. The molecule has 0 heterocycles. The van der Waals surface area contributed by atoms with Crippen molar-refractivity contribution in [2.45, 2.75) is 89.4 Å². The molecule has 1 rings (SSSR count). The number of allylic oxidation sites excluding steroid dienone is 3. The van der Waals surface area contributed by atoms with Crippen molar-refractivity contribution in [3.05, 3.63) is 24.3 Å². The van der Waals surface area contributed by atoms with Crippen LogP contribution in [0, 0.1) is 11.8 Å². The molecule has 1 aliphatic carbocycles. The van der Waals surface area contributed by atoms with Gasteiger partial charge in [0, 0.05) is 6.42 Å². The van der Waals surface area contributed by atoms with Crippen molar-refractivity contribution >= 4 is 5.97 Å². The molecule has 0 radical (unpaired) electrons. The number of carbonyl (C=O) groups is 1. The van der Waals surface area contributed by atoms with Crippen LogP contribution in [0.15, 0.2) is 24.3 Å². The Morgan fingerprint density at radius 2 is 1.74 bits per heavy atom. The van der Waals surface area contributed by atoms with Gasteiger partial charge in [0.2, 0.25) is 0 Å². The first-order valence-corrected chi connectivity index (χ1v) is 10.4. The number of rotatable bonds is 13. The maximum absolute atomic E-state index is 11.1. The van der Waals surface area contributed by atoms with Gasteiger partial charge in [-0.3, -0.25) is 4.79 Å². The van der Waals surface area contributed by atoms with Gasteiger partial charge in [-0.15, -0.1) is 0 Å². The van der Waals surface area contributed by atoms with Gasteiger partial charge in [0.15, 0.2) is 0 Å². The van der Waals surface area contributed by atoms with Crippen LogP contribution in [0.3, 0.4) is 0 Å². The minimum atomic E-state index is -0.500. The second kappa shape index (κ2) is 13.9. The lowest BCUT2D eigenvalue weighted by molar-refractivity contribution is -0.140. The third-order valence-electron chi connectivity index (χ3n) is 5.45. The molecule has 5 nitrogen and oxygen atoms in total. The molecular formula is C22H38O5. The summed E-state index contributed by atoms with van der Waals surface area (Å²) in [5, 5.41) is 30.5. The number of ether oxygens (including phenoxy) is 1. The lowest BCUT2D eigenvalue weighted by atomic mass is 9.87. The zero-order valence-electron chi connectivity index (χ0n) is 16.9. The van der Waals surface area contributed by atoms with E-state index in [2.05, 4.69) is 11.7 Å². The molecule has 3 N–H and O–H groups in total. The second-order valence-electron chi connectivity index (χ2n) is 7.60. The van der Waals surface area contributed by atoms with Crippen LogP contribution >= 0.6 is 0 Å². The fraction of sp³-hybridized carbons (Fsp3) is 0.773. The van der Waals surface area contributed by atoms with E-state index in [-0.39, 0.29) is 17.8 Å². The zero-order valence-corrected chi connectivity index (χ0v) is 16.9. The van der Waals surface area contributed by atoms with Gasteiger partial charge in [0.05, 0.1) is 25.4 Å². The molecule has 0 spiro atoms. The van der Waals surface area contributed by atoms with Gasteiger partial charge in [-0.05, 0) is 50.4 Å². The van der Waals surface area contributed by atoms with Crippen molar-refractivity contribution in [2.24, 2.45) is 11.8 Å². The molecule has 1 fully saturated rings. The number of aliphatic hydroxyl groups is 3. The van der Waals surface area contributed by atoms with E-state index >= 15 is 0 Å². The molecular weight excluding hydrogens is 344 g/mol. The Labute approximate surface area is 164 Å². The Morgan fingerprint density at radius 1 is 1.07 bits per heavy atom. The first-order valence-electron chi connectivity index (χ1n) is 10.4. The maximum Gasteiger partial charge on any atom is 0.305 e. The Balaban J connectivity index is 2.39. The van der Waals surface area contributed by atoms with Gasteiger partial charge in [0.25, 0.3) is 0 Å². The third kappa shape index (κ3) is 9.54. The first kappa shape index (κ1) is 23.9. The lowest BCUT2D eigenvalue weighted by Gasteiger charge is -2.21. The van der Waals surface area contributed by atoms with Gasteiger partial charge in [-0.1, -0.05) is 50.5 Å². The minimum Gasteiger partial charge on any atom is -0.469 e. The fourth-order valence-corrected chi connectivity index (χ4v) is 3.76. The van der Waals surface area contributed by atoms with Gasteiger partial charge in [-0.25, -0.2) is 0 Å². The van der Waals surface area contributed by atoms with E-state index in [0.717, 1.165) is 38.5 Å². The second-order valence-corrected chi connectivity index (χ2v) is 7.60. The molecule has 0 aromatic rings. The van der Waals surface area contributed by atoms with Crippen molar-refractivity contribution in [2.75, 3.05) is 7.11 Å². The molecule has 0 aromatic heterocycles. The summed E-state index contributed by atoms with van der Waals surface area (Å²) in [5.74, 6) is -0.154. The lowest BCUT2D eigenvalue weighted by Crippen LogP contribution is -2.21. The number of unbranched alkanes of at least 4 members (excludes halogenated alkanes) is 3. The summed E-state index contributed by atoms with van der Waals surface area (Å²) in [6.45, 7) is 2.14. The topological polar surface area (TPSA) is 87.0 Å². The predicted octanol–water partition coefficient (Wildman–Crippen LogP) is 3.52. The monoisotopic (exact) mass is 382 g/mol. The van der Waals surface area contributed by atoms with Crippen LogP contribution in [-0.4, -0.2) is 46.7 Å². The summed E-state index contributed by atoms with van der Waals surface area (Å²) in [6, 6.07) is 0. The quantitative estimate of drug-likeness (QED) is 0.258. The standard InChI is InChI=1S/C22H38O5/c1-3-4-7-11-17(23)12-10-14-19-18(20(24)16-21(19)25)13-8-5-6-9-15-22(26)27-2/h5,8,10,12,17-21,23-25H,3-4,6-7,9,11,13-16H2,1-2H3/t17?,18-,19-,20+,21-/m1/s1. The van der Waals surface area contributed by atoms with Crippen molar-refractivity contribution in [3.8, 4) is 0 Å². The Morgan fingerprint density at radius 3 is 2.37 bits per heavy atom. The average molecular weight is 383 g/mol. The molecule has 156 valence electrons. The number of esters is 1. The molecule has 5 heteroatoms. The fourth-order valence-electron chi connectivity index (χ4n) is 3.76. The summed E-state index contributed by atoms with van der Waals surface area (Å²) >= 11 is 0. The van der Waals surface area contributed by atoms with E-state index in [0.29, 0.717) is 25.7 Å². The van der Waals surface area contributed by atoms with Crippen LogP contribution in [0.1, 0.15) is 71.1 Å². The van der Waals surface area contributed by atoms with Crippen molar-refractivity contribution in [3.63, 3.8) is 0 Å². The van der Waals surface area contributed by atoms with Crippen LogP contribution in [0.5, 0.6) is 0 Å². The number of aliphatic hydroxyl groups excluding tert-OH is 3. The normalized spacial score (nSPS) is 26.9. The van der Waals surface area contributed by atoms with Gasteiger partial charge in [-0.2, -0.15) is 0 Å². The molecule has 1 saturated carbocycles. The molecule has 1 unspecified atom stereocenters. The highest BCUT2D eigenvalue weighted by atomic mass is 16.5. The van der Waals surface area contributed by atoms with Gasteiger partial charge >= 0.3 is 5.97 Å². The maximum atomic E-state index is 11.1. The molecule has 0 saturated heterocycles. The van der Waals surface area contributed by atoms with E-state index in [1.54, 1.807) is 0 Å². The van der Waals surface area contributed by atoms with Gasteiger partial charge < -0.3 is 20.1 Å². The summed E-state index contributed by atoms with van der Waals surface area (Å²) in [6.07, 6.45) is 14.3. The zero-order chi connectivity index (χ0) is 20.1. The molecule has 0 aromatic carbocycles. The van der Waals surface area contributed by atoms with Crippen molar-refractivity contribution in [1.29, 1.82) is 0 Å². The molecule has 1 aliphatic rings. The molecule has 0 bridgehead atoms. The smallest absolute Gasteiger partial charge is 0.305 e. The highest BCUT2D eigenvalue weighted by Crippen LogP contribution is 2.37. The van der Waals surface area contributed by atoms with E-state index in [1.165, 1.54) is 7.11 Å². The number of hydrogen-bond donors (Lipinski definition) is 3. The van der Waals surface area contributed by atoms with Crippen LogP contribution in [0.25, 0.3) is 0 Å². The van der Waals surface area contributed by atoms with Crippen LogP contribution in [-0.2, 0) is 9.53 Å². The number of hydrogen-bond acceptors (Lipinski definition) is 5. The highest BCUT2D eigenvalue weighted by molar-refractivity contribution is 5.69. The summed E-state index contributed by atoms with van der Waals surface area (Å²) in [4.78, 5) is 11.1. The summed E-state index contributed by atoms with van der Waals surface area (Å²) in [7, 11) is 1.39.